The lowest BCUT2D eigenvalue weighted by Gasteiger charge is -1.94. The van der Waals surface area contributed by atoms with Crippen LogP contribution in [0.1, 0.15) is 29.7 Å². The Kier molecular flexibility index (Phi) is 20.7. The Labute approximate surface area is 228 Å². The molecular formula is C25H27BrF2N4O2S2. The van der Waals surface area contributed by atoms with E-state index in [0.29, 0.717) is 12.1 Å². The van der Waals surface area contributed by atoms with Crippen molar-refractivity contribution >= 4 is 50.3 Å². The molecule has 3 rings (SSSR count). The van der Waals surface area contributed by atoms with Crippen LogP contribution in [-0.2, 0) is 6.54 Å². The molecule has 0 spiro atoms. The van der Waals surface area contributed by atoms with Crippen molar-refractivity contribution in [2.24, 2.45) is 5.73 Å². The third-order valence-electron chi connectivity index (χ3n) is 3.43. The number of aliphatic hydroxyl groups excluding tert-OH is 1. The number of carbonyl (C=O) groups excluding carboxylic acids is 1. The summed E-state index contributed by atoms with van der Waals surface area (Å²) in [6.45, 7) is 15.3. The Morgan fingerprint density at radius 1 is 1.11 bits per heavy atom. The van der Waals surface area contributed by atoms with Crippen LogP contribution in [0.5, 0.6) is 0 Å². The second kappa shape index (κ2) is 21.2. The highest BCUT2D eigenvalue weighted by Gasteiger charge is 2.05. The number of ketones is 1. The van der Waals surface area contributed by atoms with Gasteiger partial charge in [0.1, 0.15) is 11.6 Å². The van der Waals surface area contributed by atoms with E-state index < -0.39 is 0 Å². The van der Waals surface area contributed by atoms with Gasteiger partial charge >= 0.3 is 0 Å². The third-order valence-corrected chi connectivity index (χ3v) is 4.90. The van der Waals surface area contributed by atoms with Gasteiger partial charge in [-0.25, -0.2) is 26.9 Å². The molecule has 0 bridgehead atoms. The summed E-state index contributed by atoms with van der Waals surface area (Å²) in [4.78, 5) is 21.7. The molecule has 0 atom stereocenters. The molecule has 1 aromatic heterocycles. The molecule has 36 heavy (non-hydrogen) atoms. The van der Waals surface area contributed by atoms with Crippen LogP contribution in [0.15, 0.2) is 53.9 Å². The van der Waals surface area contributed by atoms with E-state index in [-0.39, 0.29) is 48.3 Å². The van der Waals surface area contributed by atoms with Gasteiger partial charge in [-0.2, -0.15) is 0 Å². The molecule has 0 fully saturated rings. The lowest BCUT2D eigenvalue weighted by Crippen LogP contribution is -2.09. The van der Waals surface area contributed by atoms with Gasteiger partial charge in [0.05, 0.1) is 11.0 Å². The van der Waals surface area contributed by atoms with E-state index in [1.165, 1.54) is 47.7 Å². The van der Waals surface area contributed by atoms with Crippen LogP contribution in [0.25, 0.3) is 20.9 Å². The molecule has 0 aliphatic carbocycles. The first-order valence-corrected chi connectivity index (χ1v) is 12.2. The molecule has 0 saturated heterocycles. The van der Waals surface area contributed by atoms with Crippen LogP contribution < -0.4 is 5.73 Å². The zero-order valence-electron chi connectivity index (χ0n) is 18.7. The largest absolute Gasteiger partial charge is 0.397 e. The maximum atomic E-state index is 12.7. The topological polar surface area (TPSA) is 84.9 Å². The first-order chi connectivity index (χ1) is 16.7. The molecular weight excluding hydrogens is 570 g/mol. The van der Waals surface area contributed by atoms with E-state index in [0.717, 1.165) is 16.3 Å². The molecule has 1 heterocycles. The summed E-state index contributed by atoms with van der Waals surface area (Å²) in [5, 5.41) is 10.5. The zero-order chi connectivity index (χ0) is 26.6. The van der Waals surface area contributed by atoms with Crippen LogP contribution in [-0.4, -0.2) is 39.3 Å². The normalized spacial score (nSPS) is 8.64. The van der Waals surface area contributed by atoms with E-state index in [4.69, 9.17) is 24.0 Å². The van der Waals surface area contributed by atoms with Gasteiger partial charge in [-0.15, -0.1) is 11.3 Å². The quantitative estimate of drug-likeness (QED) is 0.150. The number of benzene rings is 2. The highest BCUT2D eigenvalue weighted by molar-refractivity contribution is 9.09. The molecule has 0 aliphatic rings. The van der Waals surface area contributed by atoms with Gasteiger partial charge in [0.25, 0.3) is 13.1 Å². The monoisotopic (exact) mass is 596 g/mol. The fourth-order valence-electron chi connectivity index (χ4n) is 2.00. The number of aromatic nitrogens is 1. The summed E-state index contributed by atoms with van der Waals surface area (Å²) in [5.41, 5.74) is 7.13. The molecule has 0 unspecified atom stereocenters. The minimum atomic E-state index is -0.323. The maximum absolute atomic E-state index is 12.7. The molecule has 0 radical (unpaired) electrons. The molecule has 0 amide bonds. The molecule has 192 valence electrons. The van der Waals surface area contributed by atoms with Gasteiger partial charge in [-0.05, 0) is 55.5 Å². The smallest absolute Gasteiger partial charge is 0.265 e. The van der Waals surface area contributed by atoms with E-state index in [2.05, 4.69) is 42.8 Å². The van der Waals surface area contributed by atoms with Crippen molar-refractivity contribution < 1.29 is 18.7 Å². The molecule has 11 heteroatoms. The highest BCUT2D eigenvalue weighted by Crippen LogP contribution is 2.22. The molecule has 3 aromatic rings. The number of nitrogens with two attached hydrogens (primary N) is 1. The van der Waals surface area contributed by atoms with Crippen LogP contribution >= 0.6 is 39.5 Å². The molecule has 3 N–H and O–H groups in total. The number of Topliss-reactive ketones (excluding diaryl/α,β-unsaturated/α-hetero) is 1. The number of hydrogen-bond acceptors (Lipinski definition) is 5. The van der Waals surface area contributed by atoms with Crippen molar-refractivity contribution in [1.82, 2.24) is 4.98 Å². The lowest BCUT2D eigenvalue weighted by atomic mass is 10.1. The number of nitrogens with zero attached hydrogens (tertiary/aromatic N) is 3. The minimum absolute atomic E-state index is 0. The first kappa shape index (κ1) is 35.1. The number of carbonyl (C=O) groups is 1. The van der Waals surface area contributed by atoms with Gasteiger partial charge in [0, 0.05) is 23.1 Å². The van der Waals surface area contributed by atoms with E-state index in [9.17, 15) is 13.6 Å². The Morgan fingerprint density at radius 2 is 1.61 bits per heavy atom. The number of rotatable bonds is 5. The van der Waals surface area contributed by atoms with Crippen LogP contribution in [0.2, 0.25) is 0 Å². The Morgan fingerprint density at radius 3 is 2.00 bits per heavy atom. The predicted molar refractivity (Wildman–Crippen MR) is 150 cm³/mol. The summed E-state index contributed by atoms with van der Waals surface area (Å²) in [7, 11) is 0. The van der Waals surface area contributed by atoms with Gasteiger partial charge < -0.3 is 20.5 Å². The van der Waals surface area contributed by atoms with Crippen molar-refractivity contribution in [2.75, 3.05) is 18.5 Å². The molecule has 6 nitrogen and oxygen atoms in total. The fourth-order valence-corrected chi connectivity index (χ4v) is 3.11. The number of thiazole rings is 1. The Balaban J connectivity index is 0. The standard InChI is InChI=1S/C11H7FN2S.C8H6BrFO.C3H4N2S.C2H6O.CH4/c1-13-6-11-14-10(7-15-11)8-2-4-9(12)5-3-8;9-5-8(11)6-1-3-7(10)4-2-6;1-5-2-3(4)6;1-2-3;/h2-5,7H,6H2;1-4H,5H2;2H2,(H2,4,6);3H,2H2,1H3;1H4. The number of hydrogen-bond donors (Lipinski definition) is 2. The van der Waals surface area contributed by atoms with E-state index >= 15 is 0 Å². The summed E-state index contributed by atoms with van der Waals surface area (Å²) in [6.07, 6.45) is 0. The van der Waals surface area contributed by atoms with Gasteiger partial charge in [0.15, 0.2) is 15.8 Å². The second-order valence-electron chi connectivity index (χ2n) is 6.11. The maximum Gasteiger partial charge on any atom is 0.265 e. The molecule has 0 aliphatic heterocycles. The average Bonchev–Trinajstić information content (AvgIpc) is 3.30. The highest BCUT2D eigenvalue weighted by atomic mass is 79.9. The van der Waals surface area contributed by atoms with Gasteiger partial charge in [-0.1, -0.05) is 35.6 Å². The molecule has 0 saturated carbocycles. The number of alkyl halides is 1. The predicted octanol–water partition coefficient (Wildman–Crippen LogP) is 6.60. The zero-order valence-corrected chi connectivity index (χ0v) is 22.0. The van der Waals surface area contributed by atoms with Crippen LogP contribution in [0.3, 0.4) is 0 Å². The van der Waals surface area contributed by atoms with Crippen molar-refractivity contribution in [2.45, 2.75) is 20.9 Å². The first-order valence-electron chi connectivity index (χ1n) is 9.82. The lowest BCUT2D eigenvalue weighted by molar-refractivity contribution is 0.102. The van der Waals surface area contributed by atoms with Crippen molar-refractivity contribution in [3.8, 4) is 11.3 Å². The minimum Gasteiger partial charge on any atom is -0.397 e. The van der Waals surface area contributed by atoms with Gasteiger partial charge in [-0.3, -0.25) is 4.79 Å². The van der Waals surface area contributed by atoms with E-state index in [1.807, 2.05) is 5.38 Å². The summed E-state index contributed by atoms with van der Waals surface area (Å²) >= 11 is 8.84. The Bertz CT molecular complexity index is 1130. The van der Waals surface area contributed by atoms with Crippen molar-refractivity contribution in [3.63, 3.8) is 0 Å². The SMILES string of the molecule is C.CCO.O=C(CBr)c1ccc(F)cc1.[C-]#[N+]CC(N)=S.[C-]#[N+]Cc1nc(-c2ccc(F)cc2)cs1. The van der Waals surface area contributed by atoms with Gasteiger partial charge in [0.2, 0.25) is 0 Å². The summed E-state index contributed by atoms with van der Waals surface area (Å²) < 4.78 is 25.0. The number of thiocarbonyl (C=S) groups is 1. The fraction of sp³-hybridized carbons (Fsp3) is 0.240. The van der Waals surface area contributed by atoms with Crippen molar-refractivity contribution in [3.05, 3.63) is 99.0 Å². The van der Waals surface area contributed by atoms with E-state index in [1.54, 1.807) is 19.1 Å². The van der Waals surface area contributed by atoms with Crippen LogP contribution in [0.4, 0.5) is 8.78 Å². The summed E-state index contributed by atoms with van der Waals surface area (Å²) in [6, 6.07) is 11.7. The number of halogens is 3. The Hall–Kier alpha value is -3.09. The second-order valence-corrected chi connectivity index (χ2v) is 8.14. The third kappa shape index (κ3) is 15.7. The van der Waals surface area contributed by atoms with Crippen LogP contribution in [0, 0.1) is 24.8 Å². The van der Waals surface area contributed by atoms with Crippen molar-refractivity contribution in [1.29, 1.82) is 0 Å². The summed E-state index contributed by atoms with van der Waals surface area (Å²) in [5.74, 6) is -0.614. The average molecular weight is 598 g/mol. The molecule has 2 aromatic carbocycles. The number of aliphatic hydroxyl groups is 1.